The van der Waals surface area contributed by atoms with Gasteiger partial charge in [-0.25, -0.2) is 4.79 Å². The van der Waals surface area contributed by atoms with Gasteiger partial charge in [0.15, 0.2) is 0 Å². The average molecular weight is 501 g/mol. The number of rotatable bonds is 6. The fourth-order valence-corrected chi connectivity index (χ4v) is 4.92. The van der Waals surface area contributed by atoms with Crippen molar-refractivity contribution in [2.45, 2.75) is 31.7 Å². The van der Waals surface area contributed by atoms with E-state index >= 15 is 0 Å². The molecule has 0 unspecified atom stereocenters. The van der Waals surface area contributed by atoms with Gasteiger partial charge < -0.3 is 30.3 Å². The van der Waals surface area contributed by atoms with E-state index in [0.717, 1.165) is 58.4 Å². The number of benzene rings is 2. The second-order valence-electron chi connectivity index (χ2n) is 9.23. The van der Waals surface area contributed by atoms with Gasteiger partial charge in [-0.05, 0) is 49.8 Å². The average Bonchev–Trinajstić information content (AvgIpc) is 2.87. The molecule has 0 atom stereocenters. The molecule has 2 aromatic rings. The zero-order valence-electron chi connectivity index (χ0n) is 20.0. The predicted molar refractivity (Wildman–Crippen MR) is 136 cm³/mol. The van der Waals surface area contributed by atoms with E-state index in [2.05, 4.69) is 10.2 Å². The van der Waals surface area contributed by atoms with E-state index < -0.39 is 0 Å². The molecule has 0 aromatic heterocycles. The number of halogens is 1. The number of ether oxygens (including phenoxy) is 2. The number of likely N-dealkylation sites (tertiary alicyclic amines) is 2. The highest BCUT2D eigenvalue weighted by Crippen LogP contribution is 2.29. The van der Waals surface area contributed by atoms with Crippen LogP contribution in [0.25, 0.3) is 0 Å². The first-order valence-corrected chi connectivity index (χ1v) is 12.5. The fraction of sp³-hybridized carbons (Fsp3) is 0.462. The van der Waals surface area contributed by atoms with Crippen LogP contribution in [0.15, 0.2) is 42.5 Å². The van der Waals surface area contributed by atoms with Gasteiger partial charge in [0, 0.05) is 44.8 Å². The summed E-state index contributed by atoms with van der Waals surface area (Å²) in [6.07, 6.45) is 3.44. The summed E-state index contributed by atoms with van der Waals surface area (Å²) in [6, 6.07) is 12.4. The molecule has 0 radical (unpaired) electrons. The van der Waals surface area contributed by atoms with Crippen molar-refractivity contribution < 1.29 is 19.1 Å². The van der Waals surface area contributed by atoms with Crippen LogP contribution in [-0.2, 0) is 0 Å². The number of carbonyl (C=O) groups excluding carboxylic acids is 2. The molecule has 0 spiro atoms. The summed E-state index contributed by atoms with van der Waals surface area (Å²) in [5.74, 6) is 1.36. The molecule has 35 heavy (non-hydrogen) atoms. The second kappa shape index (κ2) is 11.6. The van der Waals surface area contributed by atoms with Gasteiger partial charge in [-0.3, -0.25) is 4.79 Å². The minimum Gasteiger partial charge on any atom is -0.496 e. The molecular weight excluding hydrogens is 468 g/mol. The minimum atomic E-state index is -0.273. The lowest BCUT2D eigenvalue weighted by Crippen LogP contribution is -2.47. The molecule has 9 heteroatoms. The van der Waals surface area contributed by atoms with E-state index in [9.17, 15) is 9.59 Å². The summed E-state index contributed by atoms with van der Waals surface area (Å²) in [4.78, 5) is 29.5. The lowest BCUT2D eigenvalue weighted by atomic mass is 9.95. The third-order valence-corrected chi connectivity index (χ3v) is 7.15. The third kappa shape index (κ3) is 6.58. The Hall–Kier alpha value is -2.97. The van der Waals surface area contributed by atoms with Gasteiger partial charge in [-0.15, -0.1) is 0 Å². The Balaban J connectivity index is 1.19. The zero-order chi connectivity index (χ0) is 24.8. The first-order chi connectivity index (χ1) is 16.9. The van der Waals surface area contributed by atoms with Crippen LogP contribution in [0.1, 0.15) is 36.0 Å². The van der Waals surface area contributed by atoms with Gasteiger partial charge >= 0.3 is 6.09 Å². The number of nitrogens with two attached hydrogens (primary N) is 1. The highest BCUT2D eigenvalue weighted by atomic mass is 35.5. The largest absolute Gasteiger partial charge is 0.496 e. The molecule has 2 aliphatic rings. The highest BCUT2D eigenvalue weighted by Gasteiger charge is 2.28. The van der Waals surface area contributed by atoms with Crippen molar-refractivity contribution >= 4 is 29.3 Å². The van der Waals surface area contributed by atoms with E-state index in [1.807, 2.05) is 18.2 Å². The van der Waals surface area contributed by atoms with Gasteiger partial charge in [0.05, 0.1) is 23.4 Å². The second-order valence-corrected chi connectivity index (χ2v) is 9.64. The number of nitrogens with one attached hydrogen (secondary N) is 1. The van der Waals surface area contributed by atoms with Gasteiger partial charge in [0.2, 0.25) is 0 Å². The quantitative estimate of drug-likeness (QED) is 0.581. The van der Waals surface area contributed by atoms with Crippen LogP contribution in [0.4, 0.5) is 10.5 Å². The van der Waals surface area contributed by atoms with Gasteiger partial charge in [-0.1, -0.05) is 29.8 Å². The zero-order valence-corrected chi connectivity index (χ0v) is 20.8. The topological polar surface area (TPSA) is 97.1 Å². The van der Waals surface area contributed by atoms with E-state index in [1.54, 1.807) is 29.2 Å². The molecule has 0 aliphatic carbocycles. The number of nitrogens with zero attached hydrogens (tertiary/aromatic N) is 2. The van der Waals surface area contributed by atoms with Crippen LogP contribution in [0.5, 0.6) is 11.5 Å². The third-order valence-electron chi connectivity index (χ3n) is 6.82. The van der Waals surface area contributed by atoms with E-state index in [0.29, 0.717) is 33.7 Å². The van der Waals surface area contributed by atoms with Crippen molar-refractivity contribution in [3.8, 4) is 11.5 Å². The van der Waals surface area contributed by atoms with Crippen LogP contribution >= 0.6 is 11.6 Å². The monoisotopic (exact) mass is 500 g/mol. The Bertz CT molecular complexity index is 1020. The molecule has 0 saturated carbocycles. The number of anilines is 1. The summed E-state index contributed by atoms with van der Waals surface area (Å²) in [7, 11) is 1.51. The van der Waals surface area contributed by atoms with Gasteiger partial charge in [0.1, 0.15) is 11.5 Å². The predicted octanol–water partition coefficient (Wildman–Crippen LogP) is 4.04. The molecule has 2 fully saturated rings. The molecule has 2 amide bonds. The molecule has 4 rings (SSSR count). The van der Waals surface area contributed by atoms with E-state index in [4.69, 9.17) is 26.8 Å². The van der Waals surface area contributed by atoms with Crippen molar-refractivity contribution in [2.24, 2.45) is 5.92 Å². The number of nitrogen functional groups attached to an aromatic ring is 1. The van der Waals surface area contributed by atoms with Gasteiger partial charge in [-0.2, -0.15) is 0 Å². The summed E-state index contributed by atoms with van der Waals surface area (Å²) < 4.78 is 10.8. The Morgan fingerprint density at radius 3 is 2.40 bits per heavy atom. The highest BCUT2D eigenvalue weighted by molar-refractivity contribution is 6.33. The van der Waals surface area contributed by atoms with E-state index in [1.165, 1.54) is 7.11 Å². The van der Waals surface area contributed by atoms with Crippen LogP contribution in [0.3, 0.4) is 0 Å². The molecule has 3 N–H and O–H groups in total. The number of hydrogen-bond acceptors (Lipinski definition) is 6. The summed E-state index contributed by atoms with van der Waals surface area (Å²) in [5.41, 5.74) is 6.60. The summed E-state index contributed by atoms with van der Waals surface area (Å²) >= 11 is 6.11. The molecule has 0 bridgehead atoms. The normalized spacial score (nSPS) is 17.7. The molecule has 2 aliphatic heterocycles. The number of para-hydroxylation sites is 1. The Morgan fingerprint density at radius 1 is 1.06 bits per heavy atom. The Kier molecular flexibility index (Phi) is 8.36. The fourth-order valence-electron chi connectivity index (χ4n) is 4.76. The molecule has 8 nitrogen and oxygen atoms in total. The maximum atomic E-state index is 12.8. The van der Waals surface area contributed by atoms with Crippen LogP contribution in [0.2, 0.25) is 5.02 Å². The minimum absolute atomic E-state index is 0.106. The van der Waals surface area contributed by atoms with Crippen LogP contribution in [0, 0.1) is 5.92 Å². The van der Waals surface area contributed by atoms with Gasteiger partial charge in [0.25, 0.3) is 5.91 Å². The van der Waals surface area contributed by atoms with E-state index in [-0.39, 0.29) is 18.0 Å². The number of hydrogen-bond donors (Lipinski definition) is 2. The maximum absolute atomic E-state index is 12.8. The molecule has 2 aromatic carbocycles. The number of piperidine rings is 2. The first-order valence-electron chi connectivity index (χ1n) is 12.1. The Labute approximate surface area is 211 Å². The van der Waals surface area contributed by atoms with Crippen molar-refractivity contribution in [3.05, 3.63) is 53.1 Å². The molecule has 2 heterocycles. The molecule has 2 saturated heterocycles. The van der Waals surface area contributed by atoms with Crippen molar-refractivity contribution in [3.63, 3.8) is 0 Å². The SMILES string of the molecule is COc1cc(N)c(Cl)cc1C(=O)NC1CCN(CC2CCN(C(=O)Oc3ccccc3)CC2)CC1. The molecule has 188 valence electrons. The van der Waals surface area contributed by atoms with Crippen LogP contribution < -0.4 is 20.5 Å². The molecular formula is C26H33ClN4O4. The standard InChI is InChI=1S/C26H33ClN4O4/c1-34-24-16-23(28)22(27)15-21(24)25(32)29-19-9-11-30(12-10-19)17-18-7-13-31(14-8-18)26(33)35-20-5-3-2-4-6-20/h2-6,15-16,18-19H,7-14,17,28H2,1H3,(H,29,32). The smallest absolute Gasteiger partial charge is 0.415 e. The first kappa shape index (κ1) is 25.1. The lowest BCUT2D eigenvalue weighted by molar-refractivity contribution is 0.0882. The van der Waals surface area contributed by atoms with Crippen molar-refractivity contribution in [1.29, 1.82) is 0 Å². The van der Waals surface area contributed by atoms with Crippen molar-refractivity contribution in [2.75, 3.05) is 45.6 Å². The summed E-state index contributed by atoms with van der Waals surface area (Å²) in [5, 5.41) is 3.45. The Morgan fingerprint density at radius 2 is 1.74 bits per heavy atom. The lowest BCUT2D eigenvalue weighted by Gasteiger charge is -2.37. The maximum Gasteiger partial charge on any atom is 0.415 e. The number of amides is 2. The van der Waals surface area contributed by atoms with Crippen LogP contribution in [-0.4, -0.2) is 67.7 Å². The van der Waals surface area contributed by atoms with Crippen molar-refractivity contribution in [1.82, 2.24) is 15.1 Å². The number of carbonyl (C=O) groups is 2. The number of methoxy groups -OCH3 is 1. The summed E-state index contributed by atoms with van der Waals surface area (Å²) in [6.45, 7) is 4.31.